The molecule has 86 valence electrons. The maximum Gasteiger partial charge on any atom is 0.0518 e. The van der Waals surface area contributed by atoms with E-state index in [2.05, 4.69) is 28.8 Å². The van der Waals surface area contributed by atoms with Crippen LogP contribution in [0.1, 0.15) is 23.1 Å². The molecule has 0 atom stereocenters. The highest BCUT2D eigenvalue weighted by molar-refractivity contribution is 7.10. The molecule has 0 aliphatic carbocycles. The monoisotopic (exact) mass is 235 g/mol. The molecule has 0 aliphatic heterocycles. The fourth-order valence-electron chi connectivity index (χ4n) is 1.72. The Bertz CT molecular complexity index is 445. The predicted octanol–water partition coefficient (Wildman–Crippen LogP) is 2.33. The van der Waals surface area contributed by atoms with Crippen LogP contribution in [0.3, 0.4) is 0 Å². The quantitative estimate of drug-likeness (QED) is 0.862. The summed E-state index contributed by atoms with van der Waals surface area (Å²) in [5.74, 6) is 0. The van der Waals surface area contributed by atoms with Gasteiger partial charge >= 0.3 is 0 Å². The lowest BCUT2D eigenvalue weighted by atomic mass is 10.2. The largest absolute Gasteiger partial charge is 0.306 e. The van der Waals surface area contributed by atoms with Gasteiger partial charge in [0.2, 0.25) is 0 Å². The first-order valence-corrected chi connectivity index (χ1v) is 6.42. The standard InChI is InChI=1S/C12H17N3S/c1-3-10-5-7-16-12(10)9-13-8-11-4-6-14-15(11)2/h4-7,13H,3,8-9H2,1-2H3. The van der Waals surface area contributed by atoms with Crippen LogP contribution < -0.4 is 5.32 Å². The van der Waals surface area contributed by atoms with E-state index in [1.165, 1.54) is 16.1 Å². The van der Waals surface area contributed by atoms with E-state index < -0.39 is 0 Å². The van der Waals surface area contributed by atoms with Gasteiger partial charge in [0.15, 0.2) is 0 Å². The van der Waals surface area contributed by atoms with Crippen molar-refractivity contribution in [1.82, 2.24) is 15.1 Å². The van der Waals surface area contributed by atoms with Crippen molar-refractivity contribution in [2.75, 3.05) is 0 Å². The molecule has 0 aliphatic rings. The summed E-state index contributed by atoms with van der Waals surface area (Å²) in [5.41, 5.74) is 2.68. The highest BCUT2D eigenvalue weighted by Gasteiger charge is 2.02. The lowest BCUT2D eigenvalue weighted by Gasteiger charge is -2.05. The van der Waals surface area contributed by atoms with Crippen molar-refractivity contribution in [2.45, 2.75) is 26.4 Å². The van der Waals surface area contributed by atoms with Crippen molar-refractivity contribution in [1.29, 1.82) is 0 Å². The second kappa shape index (κ2) is 5.27. The van der Waals surface area contributed by atoms with Gasteiger partial charge in [0.1, 0.15) is 0 Å². The Morgan fingerprint density at radius 1 is 1.38 bits per heavy atom. The van der Waals surface area contributed by atoms with Gasteiger partial charge in [-0.25, -0.2) is 0 Å². The Hall–Kier alpha value is -1.13. The first kappa shape index (κ1) is 11.4. The molecule has 2 heterocycles. The topological polar surface area (TPSA) is 29.9 Å². The smallest absolute Gasteiger partial charge is 0.0518 e. The molecule has 0 saturated heterocycles. The summed E-state index contributed by atoms with van der Waals surface area (Å²) < 4.78 is 1.90. The lowest BCUT2D eigenvalue weighted by molar-refractivity contribution is 0.628. The van der Waals surface area contributed by atoms with E-state index in [9.17, 15) is 0 Å². The first-order chi connectivity index (χ1) is 7.81. The maximum absolute atomic E-state index is 4.15. The molecule has 0 spiro atoms. The van der Waals surface area contributed by atoms with Crippen molar-refractivity contribution in [3.63, 3.8) is 0 Å². The Labute approximate surface area is 100 Å². The van der Waals surface area contributed by atoms with Crippen LogP contribution in [0.25, 0.3) is 0 Å². The second-order valence-corrected chi connectivity index (χ2v) is 4.77. The minimum atomic E-state index is 0.873. The van der Waals surface area contributed by atoms with Gasteiger partial charge in [0, 0.05) is 31.2 Å². The minimum Gasteiger partial charge on any atom is -0.306 e. The average Bonchev–Trinajstić information content (AvgIpc) is 2.88. The molecular formula is C12H17N3S. The van der Waals surface area contributed by atoms with E-state index >= 15 is 0 Å². The van der Waals surface area contributed by atoms with E-state index in [4.69, 9.17) is 0 Å². The van der Waals surface area contributed by atoms with E-state index in [1.807, 2.05) is 35.3 Å². The number of hydrogen-bond donors (Lipinski definition) is 1. The summed E-state index contributed by atoms with van der Waals surface area (Å²) in [4.78, 5) is 1.45. The lowest BCUT2D eigenvalue weighted by Crippen LogP contribution is -2.15. The molecule has 2 rings (SSSR count). The first-order valence-electron chi connectivity index (χ1n) is 5.54. The summed E-state index contributed by atoms with van der Waals surface area (Å²) in [5, 5.41) is 9.77. The fraction of sp³-hybridized carbons (Fsp3) is 0.417. The Morgan fingerprint density at radius 2 is 2.25 bits per heavy atom. The highest BCUT2D eigenvalue weighted by atomic mass is 32.1. The van der Waals surface area contributed by atoms with Gasteiger partial charge in [-0.2, -0.15) is 5.10 Å². The molecule has 2 aromatic heterocycles. The van der Waals surface area contributed by atoms with Gasteiger partial charge in [-0.1, -0.05) is 6.92 Å². The zero-order chi connectivity index (χ0) is 11.4. The number of aryl methyl sites for hydroxylation is 2. The van der Waals surface area contributed by atoms with Crippen LogP contribution in [0, 0.1) is 0 Å². The molecule has 0 unspecified atom stereocenters. The van der Waals surface area contributed by atoms with Crippen molar-refractivity contribution >= 4 is 11.3 Å². The third kappa shape index (κ3) is 2.51. The van der Waals surface area contributed by atoms with Gasteiger partial charge in [-0.05, 0) is 29.5 Å². The van der Waals surface area contributed by atoms with Gasteiger partial charge in [0.25, 0.3) is 0 Å². The number of hydrogen-bond acceptors (Lipinski definition) is 3. The molecule has 16 heavy (non-hydrogen) atoms. The fourth-order valence-corrected chi connectivity index (χ4v) is 2.66. The maximum atomic E-state index is 4.15. The SMILES string of the molecule is CCc1ccsc1CNCc1ccnn1C. The van der Waals surface area contributed by atoms with E-state index in [0.29, 0.717) is 0 Å². The zero-order valence-corrected chi connectivity index (χ0v) is 10.5. The van der Waals surface area contributed by atoms with Gasteiger partial charge in [0.05, 0.1) is 5.69 Å². The molecule has 0 saturated carbocycles. The van der Waals surface area contributed by atoms with Crippen molar-refractivity contribution < 1.29 is 0 Å². The van der Waals surface area contributed by atoms with E-state index in [-0.39, 0.29) is 0 Å². The molecule has 0 bridgehead atoms. The third-order valence-corrected chi connectivity index (χ3v) is 3.70. The van der Waals surface area contributed by atoms with Crippen molar-refractivity contribution in [3.05, 3.63) is 39.8 Å². The van der Waals surface area contributed by atoms with E-state index in [1.54, 1.807) is 0 Å². The number of thiophene rings is 1. The molecule has 0 amide bonds. The van der Waals surface area contributed by atoms with E-state index in [0.717, 1.165) is 19.5 Å². The molecular weight excluding hydrogens is 218 g/mol. The van der Waals surface area contributed by atoms with Gasteiger partial charge < -0.3 is 5.32 Å². The van der Waals surface area contributed by atoms with Gasteiger partial charge in [-0.15, -0.1) is 11.3 Å². The summed E-state index contributed by atoms with van der Waals surface area (Å²) >= 11 is 1.83. The Kier molecular flexibility index (Phi) is 3.74. The number of nitrogens with zero attached hydrogens (tertiary/aromatic N) is 2. The molecule has 2 aromatic rings. The number of aromatic nitrogens is 2. The van der Waals surface area contributed by atoms with Crippen LogP contribution >= 0.6 is 11.3 Å². The van der Waals surface area contributed by atoms with Crippen molar-refractivity contribution in [2.24, 2.45) is 7.05 Å². The third-order valence-electron chi connectivity index (χ3n) is 2.73. The zero-order valence-electron chi connectivity index (χ0n) is 9.73. The summed E-state index contributed by atoms with van der Waals surface area (Å²) in [6.07, 6.45) is 2.95. The molecule has 1 N–H and O–H groups in total. The normalized spacial score (nSPS) is 10.9. The van der Waals surface area contributed by atoms with Crippen molar-refractivity contribution in [3.8, 4) is 0 Å². The molecule has 4 heteroatoms. The summed E-state index contributed by atoms with van der Waals surface area (Å²) in [6, 6.07) is 4.26. The Morgan fingerprint density at radius 3 is 2.94 bits per heavy atom. The summed E-state index contributed by atoms with van der Waals surface area (Å²) in [7, 11) is 1.97. The van der Waals surface area contributed by atoms with Gasteiger partial charge in [-0.3, -0.25) is 4.68 Å². The molecule has 0 fully saturated rings. The van der Waals surface area contributed by atoms with Crippen LogP contribution in [0.2, 0.25) is 0 Å². The number of nitrogens with one attached hydrogen (secondary N) is 1. The minimum absolute atomic E-state index is 0.873. The van der Waals surface area contributed by atoms with Crippen LogP contribution in [0.4, 0.5) is 0 Å². The number of rotatable bonds is 5. The predicted molar refractivity (Wildman–Crippen MR) is 67.4 cm³/mol. The second-order valence-electron chi connectivity index (χ2n) is 3.77. The molecule has 3 nitrogen and oxygen atoms in total. The average molecular weight is 235 g/mol. The van der Waals surface area contributed by atoms with Crippen LogP contribution in [0.15, 0.2) is 23.7 Å². The van der Waals surface area contributed by atoms with Crippen LogP contribution in [-0.2, 0) is 26.6 Å². The summed E-state index contributed by atoms with van der Waals surface area (Å²) in [6.45, 7) is 4.02. The molecule has 0 radical (unpaired) electrons. The molecule has 0 aromatic carbocycles. The van der Waals surface area contributed by atoms with Crippen LogP contribution in [0.5, 0.6) is 0 Å². The highest BCUT2D eigenvalue weighted by Crippen LogP contribution is 2.16. The Balaban J connectivity index is 1.87. The van der Waals surface area contributed by atoms with Crippen LogP contribution in [-0.4, -0.2) is 9.78 Å².